The predicted molar refractivity (Wildman–Crippen MR) is 112 cm³/mol. The van der Waals surface area contributed by atoms with Gasteiger partial charge in [-0.3, -0.25) is 9.59 Å². The summed E-state index contributed by atoms with van der Waals surface area (Å²) in [6, 6.07) is 13.1. The van der Waals surface area contributed by atoms with E-state index in [2.05, 4.69) is 15.4 Å². The Balaban J connectivity index is 1.78. The fourth-order valence-electron chi connectivity index (χ4n) is 3.46. The van der Waals surface area contributed by atoms with Crippen molar-refractivity contribution in [3.8, 4) is 11.4 Å². The number of nitrogens with zero attached hydrogens (tertiary/aromatic N) is 2. The van der Waals surface area contributed by atoms with Crippen molar-refractivity contribution in [2.75, 3.05) is 5.32 Å². The number of amides is 1. The Morgan fingerprint density at radius 3 is 2.48 bits per heavy atom. The first-order chi connectivity index (χ1) is 13.8. The number of hydrogen-bond acceptors (Lipinski definition) is 4. The molecule has 0 radical (unpaired) electrons. The van der Waals surface area contributed by atoms with Gasteiger partial charge in [-0.15, -0.1) is 0 Å². The van der Waals surface area contributed by atoms with Crippen LogP contribution in [-0.2, 0) is 0 Å². The number of benzene rings is 2. The van der Waals surface area contributed by atoms with Crippen molar-refractivity contribution in [3.05, 3.63) is 81.3 Å². The largest absolute Gasteiger partial charge is 0.506 e. The molecule has 3 N–H and O–H groups in total. The monoisotopic (exact) mass is 388 g/mol. The number of nitrogens with one attached hydrogen (secondary N) is 2. The topological polar surface area (TPSA) is 100 Å². The number of anilines is 1. The summed E-state index contributed by atoms with van der Waals surface area (Å²) in [5.74, 6) is -1.08. The second-order valence-corrected chi connectivity index (χ2v) is 7.17. The summed E-state index contributed by atoms with van der Waals surface area (Å²) >= 11 is 0. The second-order valence-electron chi connectivity index (χ2n) is 7.17. The molecule has 0 aliphatic carbocycles. The molecule has 0 saturated heterocycles. The highest BCUT2D eigenvalue weighted by molar-refractivity contribution is 6.08. The van der Waals surface area contributed by atoms with Gasteiger partial charge < -0.3 is 15.4 Å². The minimum Gasteiger partial charge on any atom is -0.506 e. The van der Waals surface area contributed by atoms with E-state index in [-0.39, 0.29) is 10.9 Å². The van der Waals surface area contributed by atoms with E-state index >= 15 is 0 Å². The zero-order chi connectivity index (χ0) is 20.7. The summed E-state index contributed by atoms with van der Waals surface area (Å²) in [5.41, 5.74) is 3.57. The lowest BCUT2D eigenvalue weighted by molar-refractivity contribution is 0.102. The van der Waals surface area contributed by atoms with Gasteiger partial charge in [0.05, 0.1) is 17.3 Å². The maximum absolute atomic E-state index is 12.7. The predicted octanol–water partition coefficient (Wildman–Crippen LogP) is 3.60. The van der Waals surface area contributed by atoms with Crippen LogP contribution in [-0.4, -0.2) is 25.8 Å². The lowest BCUT2D eigenvalue weighted by Crippen LogP contribution is -2.23. The van der Waals surface area contributed by atoms with Crippen LogP contribution in [0.25, 0.3) is 16.7 Å². The number of pyridine rings is 1. The first kappa shape index (κ1) is 18.5. The van der Waals surface area contributed by atoms with Crippen molar-refractivity contribution < 1.29 is 9.90 Å². The average Bonchev–Trinajstić information content (AvgIpc) is 3.04. The van der Waals surface area contributed by atoms with Gasteiger partial charge in [0.25, 0.3) is 11.5 Å². The summed E-state index contributed by atoms with van der Waals surface area (Å²) in [5, 5.41) is 17.9. The van der Waals surface area contributed by atoms with Crippen LogP contribution >= 0.6 is 0 Å². The first-order valence-electron chi connectivity index (χ1n) is 9.13. The molecule has 4 aromatic rings. The molecule has 0 aliphatic heterocycles. The van der Waals surface area contributed by atoms with Crippen LogP contribution < -0.4 is 10.9 Å². The third-order valence-electron chi connectivity index (χ3n) is 4.67. The highest BCUT2D eigenvalue weighted by Crippen LogP contribution is 2.27. The van der Waals surface area contributed by atoms with E-state index < -0.39 is 17.2 Å². The number of aromatic amines is 1. The molecule has 7 heteroatoms. The fraction of sp³-hybridized carbons (Fsp3) is 0.136. The van der Waals surface area contributed by atoms with E-state index in [1.165, 1.54) is 10.9 Å². The van der Waals surface area contributed by atoms with Gasteiger partial charge in [0.15, 0.2) is 0 Å². The third-order valence-corrected chi connectivity index (χ3v) is 4.67. The van der Waals surface area contributed by atoms with E-state index in [1.807, 2.05) is 51.1 Å². The van der Waals surface area contributed by atoms with Crippen LogP contribution in [0.4, 0.5) is 5.69 Å². The first-order valence-corrected chi connectivity index (χ1v) is 9.13. The second kappa shape index (κ2) is 6.94. The molecule has 146 valence electrons. The standard InChI is InChI=1S/C22H20N4O3/c1-12-5-4-6-16(10-12)26-20-17(11-23-26)19(27)18(22(29)25-20)21(28)24-15-8-13(2)7-14(3)9-15/h4-11H,1-3H3,(H,24,28)(H2,25,27,29). The van der Waals surface area contributed by atoms with Gasteiger partial charge in [0.2, 0.25) is 0 Å². The molecule has 0 unspecified atom stereocenters. The molecule has 29 heavy (non-hydrogen) atoms. The molecule has 0 aliphatic rings. The van der Waals surface area contributed by atoms with Crippen LogP contribution in [0, 0.1) is 20.8 Å². The van der Waals surface area contributed by atoms with Crippen molar-refractivity contribution in [1.82, 2.24) is 14.8 Å². The summed E-state index contributed by atoms with van der Waals surface area (Å²) in [6.45, 7) is 5.78. The zero-order valence-electron chi connectivity index (χ0n) is 16.3. The highest BCUT2D eigenvalue weighted by Gasteiger charge is 2.22. The van der Waals surface area contributed by atoms with Gasteiger partial charge in [-0.1, -0.05) is 18.2 Å². The Hall–Kier alpha value is -3.87. The minimum absolute atomic E-state index is 0.289. The quantitative estimate of drug-likeness (QED) is 0.499. The van der Waals surface area contributed by atoms with Crippen LogP contribution in [0.1, 0.15) is 27.0 Å². The summed E-state index contributed by atoms with van der Waals surface area (Å²) in [4.78, 5) is 28.1. The smallest absolute Gasteiger partial charge is 0.266 e. The van der Waals surface area contributed by atoms with Gasteiger partial charge in [0, 0.05) is 5.69 Å². The van der Waals surface area contributed by atoms with Crippen molar-refractivity contribution in [2.24, 2.45) is 0 Å². The Morgan fingerprint density at radius 1 is 1.07 bits per heavy atom. The molecular weight excluding hydrogens is 368 g/mol. The number of aromatic hydroxyl groups is 1. The Kier molecular flexibility index (Phi) is 4.43. The van der Waals surface area contributed by atoms with Gasteiger partial charge in [0.1, 0.15) is 17.0 Å². The van der Waals surface area contributed by atoms with Crippen LogP contribution in [0.5, 0.6) is 5.75 Å². The number of rotatable bonds is 3. The van der Waals surface area contributed by atoms with E-state index in [0.29, 0.717) is 11.3 Å². The molecule has 0 fully saturated rings. The normalized spacial score (nSPS) is 11.0. The molecule has 0 saturated carbocycles. The van der Waals surface area contributed by atoms with Gasteiger partial charge >= 0.3 is 0 Å². The lowest BCUT2D eigenvalue weighted by atomic mass is 10.1. The molecule has 4 rings (SSSR count). The maximum atomic E-state index is 12.7. The number of hydrogen-bond donors (Lipinski definition) is 3. The zero-order valence-corrected chi connectivity index (χ0v) is 16.3. The number of aryl methyl sites for hydroxylation is 3. The lowest BCUT2D eigenvalue weighted by Gasteiger charge is -2.09. The Bertz CT molecular complexity index is 1300. The molecule has 0 bridgehead atoms. The molecule has 2 aromatic carbocycles. The number of fused-ring (bicyclic) bond motifs is 1. The summed E-state index contributed by atoms with van der Waals surface area (Å²) in [7, 11) is 0. The molecule has 1 amide bonds. The van der Waals surface area contributed by atoms with Crippen molar-refractivity contribution in [3.63, 3.8) is 0 Å². The highest BCUT2D eigenvalue weighted by atomic mass is 16.3. The number of H-pyrrole nitrogens is 1. The molecule has 7 nitrogen and oxygen atoms in total. The van der Waals surface area contributed by atoms with Crippen LogP contribution in [0.3, 0.4) is 0 Å². The molecule has 0 atom stereocenters. The Morgan fingerprint density at radius 2 is 1.79 bits per heavy atom. The Labute approximate surface area is 166 Å². The van der Waals surface area contributed by atoms with E-state index in [0.717, 1.165) is 22.4 Å². The molecule has 0 spiro atoms. The summed E-state index contributed by atoms with van der Waals surface area (Å²) in [6.07, 6.45) is 1.43. The van der Waals surface area contributed by atoms with Gasteiger partial charge in [-0.25, -0.2) is 4.68 Å². The SMILES string of the molecule is Cc1cc(C)cc(NC(=O)c2c(O)c3cnn(-c4cccc(C)c4)c3[nH]c2=O)c1. The van der Waals surface area contributed by atoms with E-state index in [4.69, 9.17) is 0 Å². The van der Waals surface area contributed by atoms with Crippen molar-refractivity contribution >= 4 is 22.6 Å². The minimum atomic E-state index is -0.689. The van der Waals surface area contributed by atoms with Crippen LogP contribution in [0.2, 0.25) is 0 Å². The molecular formula is C22H20N4O3. The molecule has 2 aromatic heterocycles. The number of carbonyl (C=O) groups excluding carboxylic acids is 1. The van der Waals surface area contributed by atoms with Gasteiger partial charge in [-0.05, 0) is 61.7 Å². The maximum Gasteiger partial charge on any atom is 0.266 e. The van der Waals surface area contributed by atoms with Crippen LogP contribution in [0.15, 0.2) is 53.5 Å². The average molecular weight is 388 g/mol. The fourth-order valence-corrected chi connectivity index (χ4v) is 3.46. The van der Waals surface area contributed by atoms with Crippen molar-refractivity contribution in [1.29, 1.82) is 0 Å². The summed E-state index contributed by atoms with van der Waals surface area (Å²) < 4.78 is 1.52. The number of aromatic nitrogens is 3. The molecule has 2 heterocycles. The number of carbonyl (C=O) groups is 1. The van der Waals surface area contributed by atoms with E-state index in [1.54, 1.807) is 12.1 Å². The third kappa shape index (κ3) is 3.38. The van der Waals surface area contributed by atoms with Crippen molar-refractivity contribution in [2.45, 2.75) is 20.8 Å². The van der Waals surface area contributed by atoms with E-state index in [9.17, 15) is 14.7 Å². The van der Waals surface area contributed by atoms with Gasteiger partial charge in [-0.2, -0.15) is 5.10 Å².